The van der Waals surface area contributed by atoms with Gasteiger partial charge < -0.3 is 10.0 Å². The smallest absolute Gasteiger partial charge is 0.123 e. The third-order valence-corrected chi connectivity index (χ3v) is 4.50. The molecule has 0 amide bonds. The van der Waals surface area contributed by atoms with Crippen molar-refractivity contribution in [1.82, 2.24) is 4.90 Å². The van der Waals surface area contributed by atoms with Gasteiger partial charge in [0.15, 0.2) is 0 Å². The summed E-state index contributed by atoms with van der Waals surface area (Å²) >= 11 is 0. The number of benzene rings is 2. The van der Waals surface area contributed by atoms with Crippen molar-refractivity contribution in [2.45, 2.75) is 25.1 Å². The number of hydrogen-bond acceptors (Lipinski definition) is 4. The van der Waals surface area contributed by atoms with Crippen LogP contribution < -0.4 is 4.90 Å². The monoisotopic (exact) mass is 323 g/mol. The zero-order valence-electron chi connectivity index (χ0n) is 14.7. The van der Waals surface area contributed by atoms with E-state index in [-0.39, 0.29) is 6.04 Å². The highest BCUT2D eigenvalue weighted by Crippen LogP contribution is 2.28. The fourth-order valence-corrected chi connectivity index (χ4v) is 2.74. The van der Waals surface area contributed by atoms with E-state index in [1.807, 2.05) is 92.5 Å². The van der Waals surface area contributed by atoms with Crippen LogP contribution in [-0.2, 0) is 0 Å². The van der Waals surface area contributed by atoms with E-state index in [9.17, 15) is 10.4 Å². The Balaban J connectivity index is 2.19. The molecule has 3 atom stereocenters. The van der Waals surface area contributed by atoms with E-state index in [1.165, 1.54) is 0 Å². The molecule has 0 aromatic heterocycles. The van der Waals surface area contributed by atoms with Gasteiger partial charge in [-0.3, -0.25) is 4.90 Å². The van der Waals surface area contributed by atoms with Gasteiger partial charge in [-0.05, 0) is 37.2 Å². The largest absolute Gasteiger partial charge is 0.387 e. The first-order chi connectivity index (χ1) is 11.5. The van der Waals surface area contributed by atoms with Crippen LogP contribution in [0.1, 0.15) is 30.2 Å². The lowest BCUT2D eigenvalue weighted by molar-refractivity contribution is 0.0605. The lowest BCUT2D eigenvalue weighted by Gasteiger charge is -2.32. The minimum Gasteiger partial charge on any atom is -0.387 e. The van der Waals surface area contributed by atoms with Crippen LogP contribution in [0.25, 0.3) is 0 Å². The average molecular weight is 323 g/mol. The lowest BCUT2D eigenvalue weighted by Crippen LogP contribution is -2.37. The molecule has 0 heterocycles. The van der Waals surface area contributed by atoms with Crippen LogP contribution in [0, 0.1) is 11.3 Å². The molecule has 1 N–H and O–H groups in total. The summed E-state index contributed by atoms with van der Waals surface area (Å²) in [5, 5.41) is 20.3. The molecule has 0 spiro atoms. The van der Waals surface area contributed by atoms with Gasteiger partial charge in [0.1, 0.15) is 6.04 Å². The van der Waals surface area contributed by atoms with Crippen LogP contribution in [0.5, 0.6) is 0 Å². The molecule has 4 nitrogen and oxygen atoms in total. The van der Waals surface area contributed by atoms with Gasteiger partial charge in [0.2, 0.25) is 0 Å². The Hall–Kier alpha value is -2.35. The molecule has 0 saturated carbocycles. The van der Waals surface area contributed by atoms with Crippen LogP contribution in [0.2, 0.25) is 0 Å². The molecule has 0 unspecified atom stereocenters. The molecule has 126 valence electrons. The van der Waals surface area contributed by atoms with Gasteiger partial charge in [-0.2, -0.15) is 5.26 Å². The van der Waals surface area contributed by atoms with Crippen LogP contribution in [0.4, 0.5) is 5.69 Å². The number of aliphatic hydroxyl groups excluding tert-OH is 1. The molecule has 0 radical (unpaired) electrons. The Kier molecular flexibility index (Phi) is 5.97. The second-order valence-electron chi connectivity index (χ2n) is 6.28. The first-order valence-corrected chi connectivity index (χ1v) is 8.07. The zero-order chi connectivity index (χ0) is 17.7. The van der Waals surface area contributed by atoms with Crippen molar-refractivity contribution in [3.63, 3.8) is 0 Å². The number of anilines is 1. The van der Waals surface area contributed by atoms with E-state index < -0.39 is 12.1 Å². The third kappa shape index (κ3) is 3.94. The molecule has 0 aliphatic heterocycles. The van der Waals surface area contributed by atoms with Crippen molar-refractivity contribution >= 4 is 5.69 Å². The molecule has 2 aromatic rings. The Bertz CT molecular complexity index is 676. The average Bonchev–Trinajstić information content (AvgIpc) is 2.62. The molecule has 0 bridgehead atoms. The van der Waals surface area contributed by atoms with Crippen molar-refractivity contribution in [2.24, 2.45) is 0 Å². The Morgan fingerprint density at radius 1 is 0.917 bits per heavy atom. The van der Waals surface area contributed by atoms with E-state index >= 15 is 0 Å². The summed E-state index contributed by atoms with van der Waals surface area (Å²) < 4.78 is 0. The predicted molar refractivity (Wildman–Crippen MR) is 97.7 cm³/mol. The van der Waals surface area contributed by atoms with Gasteiger partial charge in [0.05, 0.1) is 12.2 Å². The predicted octanol–water partition coefficient (Wildman–Crippen LogP) is 3.37. The minimum atomic E-state index is -0.645. The number of hydrogen-bond donors (Lipinski definition) is 1. The van der Waals surface area contributed by atoms with E-state index in [1.54, 1.807) is 0 Å². The second-order valence-corrected chi connectivity index (χ2v) is 6.28. The summed E-state index contributed by atoms with van der Waals surface area (Å²) in [7, 11) is 5.85. The molecule has 4 heteroatoms. The summed E-state index contributed by atoms with van der Waals surface area (Å²) in [4.78, 5) is 3.94. The maximum Gasteiger partial charge on any atom is 0.123 e. The Morgan fingerprint density at radius 2 is 1.50 bits per heavy atom. The number of nitrogens with zero attached hydrogens (tertiary/aromatic N) is 3. The van der Waals surface area contributed by atoms with E-state index in [2.05, 4.69) is 6.07 Å². The van der Waals surface area contributed by atoms with Crippen molar-refractivity contribution in [3.05, 3.63) is 65.7 Å². The quantitative estimate of drug-likeness (QED) is 0.885. The molecule has 0 fully saturated rings. The van der Waals surface area contributed by atoms with Gasteiger partial charge in [-0.1, -0.05) is 42.5 Å². The number of rotatable bonds is 6. The summed E-state index contributed by atoms with van der Waals surface area (Å²) in [5.41, 5.74) is 2.88. The highest BCUT2D eigenvalue weighted by molar-refractivity contribution is 5.47. The van der Waals surface area contributed by atoms with Crippen molar-refractivity contribution < 1.29 is 5.11 Å². The van der Waals surface area contributed by atoms with Gasteiger partial charge in [-0.25, -0.2) is 0 Å². The molecule has 2 rings (SSSR count). The highest BCUT2D eigenvalue weighted by Gasteiger charge is 2.27. The second kappa shape index (κ2) is 7.96. The first-order valence-electron chi connectivity index (χ1n) is 8.07. The molecule has 0 aliphatic rings. The number of aliphatic hydroxyl groups is 1. The van der Waals surface area contributed by atoms with Gasteiger partial charge in [0, 0.05) is 25.8 Å². The maximum absolute atomic E-state index is 10.6. The molecule has 2 aromatic carbocycles. The SMILES string of the molecule is C[C@H]([C@H](O)c1ccccc1)N(C)[C@H](C#N)c1ccc(N(C)C)cc1. The molecule has 0 saturated heterocycles. The summed E-state index contributed by atoms with van der Waals surface area (Å²) in [6.07, 6.45) is -0.645. The summed E-state index contributed by atoms with van der Waals surface area (Å²) in [5.74, 6) is 0. The van der Waals surface area contributed by atoms with Crippen LogP contribution in [-0.4, -0.2) is 37.2 Å². The lowest BCUT2D eigenvalue weighted by atomic mass is 9.99. The summed E-state index contributed by atoms with van der Waals surface area (Å²) in [6.45, 7) is 1.94. The molecular formula is C20H25N3O. The Morgan fingerprint density at radius 3 is 2.00 bits per heavy atom. The molecular weight excluding hydrogens is 298 g/mol. The topological polar surface area (TPSA) is 50.5 Å². The first kappa shape index (κ1) is 18.0. The normalized spacial score (nSPS) is 14.7. The van der Waals surface area contributed by atoms with Crippen LogP contribution in [0.3, 0.4) is 0 Å². The van der Waals surface area contributed by atoms with Crippen LogP contribution in [0.15, 0.2) is 54.6 Å². The Labute approximate surface area is 144 Å². The van der Waals surface area contributed by atoms with Gasteiger partial charge in [0.25, 0.3) is 0 Å². The third-order valence-electron chi connectivity index (χ3n) is 4.50. The van der Waals surface area contributed by atoms with Crippen molar-refractivity contribution in [2.75, 3.05) is 26.0 Å². The van der Waals surface area contributed by atoms with Gasteiger partial charge in [-0.15, -0.1) is 0 Å². The highest BCUT2D eigenvalue weighted by atomic mass is 16.3. The number of nitriles is 1. The minimum absolute atomic E-state index is 0.189. The number of likely N-dealkylation sites (N-methyl/N-ethyl adjacent to an activating group) is 1. The molecule has 24 heavy (non-hydrogen) atoms. The van der Waals surface area contributed by atoms with E-state index in [4.69, 9.17) is 0 Å². The standard InChI is InChI=1S/C20H25N3O/c1-15(20(24)17-8-6-5-7-9-17)23(4)19(14-21)16-10-12-18(13-11-16)22(2)3/h5-13,15,19-20,24H,1-4H3/t15-,19-,20+/m1/s1. The van der Waals surface area contributed by atoms with E-state index in [0.717, 1.165) is 16.8 Å². The molecule has 0 aliphatic carbocycles. The fraction of sp³-hybridized carbons (Fsp3) is 0.350. The zero-order valence-corrected chi connectivity index (χ0v) is 14.7. The fourth-order valence-electron chi connectivity index (χ4n) is 2.74. The van der Waals surface area contributed by atoms with Crippen LogP contribution >= 0.6 is 0 Å². The summed E-state index contributed by atoms with van der Waals surface area (Å²) in [6, 6.07) is 19.3. The van der Waals surface area contributed by atoms with Crippen molar-refractivity contribution in [3.8, 4) is 6.07 Å². The maximum atomic E-state index is 10.6. The van der Waals surface area contributed by atoms with E-state index in [0.29, 0.717) is 0 Å². The van der Waals surface area contributed by atoms with Gasteiger partial charge >= 0.3 is 0 Å². The van der Waals surface area contributed by atoms with Crippen molar-refractivity contribution in [1.29, 1.82) is 5.26 Å².